The largest absolute Gasteiger partial charge is 0.394 e. The highest BCUT2D eigenvalue weighted by Gasteiger charge is 2.28. The molecule has 0 aromatic carbocycles. The zero-order valence-electron chi connectivity index (χ0n) is 46.4. The third-order valence-corrected chi connectivity index (χ3v) is 15.3. The van der Waals surface area contributed by atoms with Gasteiger partial charge in [-0.2, -0.15) is 0 Å². The van der Waals surface area contributed by atoms with Crippen LogP contribution in [0.3, 0.4) is 0 Å². The average Bonchev–Trinajstić information content (AvgIpc) is 3.34. The van der Waals surface area contributed by atoms with Gasteiger partial charge >= 0.3 is 0 Å². The van der Waals surface area contributed by atoms with Gasteiger partial charge in [0.2, 0.25) is 5.91 Å². The maximum atomic E-state index is 12.6. The fourth-order valence-electron chi connectivity index (χ4n) is 10.4. The highest BCUT2D eigenvalue weighted by atomic mass is 16.3. The van der Waals surface area contributed by atoms with E-state index in [2.05, 4.69) is 19.2 Å². The molecule has 0 saturated heterocycles. The first-order valence-electron chi connectivity index (χ1n) is 31.4. The van der Waals surface area contributed by atoms with Crippen LogP contribution >= 0.6 is 0 Å². The van der Waals surface area contributed by atoms with Gasteiger partial charge in [0.15, 0.2) is 0 Å². The van der Waals surface area contributed by atoms with Crippen LogP contribution in [0.5, 0.6) is 0 Å². The molecular weight excluding hydrogens is 839 g/mol. The standard InChI is InChI=1S/C62H125NO5/c1-3-5-7-9-11-13-15-17-19-21-23-24-25-26-27-28-29-30-31-32-33-34-35-36-37-38-40-42-44-46-48-50-52-54-56-60(66)62(68)63-58(57-64)61(67)59(65)55-53-51-49-47-45-43-41-39-22-20-18-16-14-12-10-8-6-4-2/h58-61,64-67H,3-57H2,1-2H3,(H,63,68). The summed E-state index contributed by atoms with van der Waals surface area (Å²) in [6.45, 7) is 4.10. The number of carbonyl (C=O) groups is 1. The highest BCUT2D eigenvalue weighted by Crippen LogP contribution is 2.19. The van der Waals surface area contributed by atoms with Crippen LogP contribution in [0.4, 0.5) is 0 Å². The summed E-state index contributed by atoms with van der Waals surface area (Å²) in [5, 5.41) is 44.1. The van der Waals surface area contributed by atoms with Crippen LogP contribution in [0.2, 0.25) is 0 Å². The van der Waals surface area contributed by atoms with E-state index in [-0.39, 0.29) is 0 Å². The SMILES string of the molecule is CCCCCCCCCCCCCCCCCCCCCCCCCCCCCCCCCCCCC(O)C(=O)NC(CO)C(O)C(O)CCCCCCCCCCCCCCCCCCCC. The Bertz CT molecular complexity index is 948. The molecule has 0 aromatic heterocycles. The number of hydrogen-bond donors (Lipinski definition) is 5. The van der Waals surface area contributed by atoms with Crippen molar-refractivity contribution in [3.63, 3.8) is 0 Å². The number of unbranched alkanes of at least 4 members (excludes halogenated alkanes) is 50. The Balaban J connectivity index is 3.50. The molecule has 6 nitrogen and oxygen atoms in total. The molecule has 4 atom stereocenters. The molecule has 0 rings (SSSR count). The number of aliphatic hydroxyl groups excluding tert-OH is 4. The third kappa shape index (κ3) is 50.3. The zero-order valence-corrected chi connectivity index (χ0v) is 46.4. The number of rotatable bonds is 59. The molecule has 0 aliphatic rings. The summed E-state index contributed by atoms with van der Waals surface area (Å²) < 4.78 is 0. The second-order valence-electron chi connectivity index (χ2n) is 22.1. The van der Waals surface area contributed by atoms with Crippen LogP contribution in [-0.4, -0.2) is 57.3 Å². The molecule has 0 spiro atoms. The van der Waals surface area contributed by atoms with Crippen molar-refractivity contribution in [1.82, 2.24) is 5.32 Å². The molecule has 0 fully saturated rings. The van der Waals surface area contributed by atoms with Gasteiger partial charge in [0.05, 0.1) is 18.8 Å². The topological polar surface area (TPSA) is 110 Å². The van der Waals surface area contributed by atoms with Gasteiger partial charge in [-0.1, -0.05) is 348 Å². The van der Waals surface area contributed by atoms with Crippen LogP contribution < -0.4 is 5.32 Å². The van der Waals surface area contributed by atoms with E-state index in [4.69, 9.17) is 0 Å². The molecule has 0 aliphatic carbocycles. The van der Waals surface area contributed by atoms with Gasteiger partial charge in [-0.15, -0.1) is 0 Å². The molecule has 0 radical (unpaired) electrons. The predicted molar refractivity (Wildman–Crippen MR) is 298 cm³/mol. The molecule has 0 bridgehead atoms. The Labute approximate surface area is 426 Å². The van der Waals surface area contributed by atoms with E-state index in [0.717, 1.165) is 38.5 Å². The van der Waals surface area contributed by atoms with Crippen molar-refractivity contribution in [2.75, 3.05) is 6.61 Å². The average molecular weight is 965 g/mol. The maximum Gasteiger partial charge on any atom is 0.249 e. The van der Waals surface area contributed by atoms with Gasteiger partial charge in [-0.25, -0.2) is 0 Å². The van der Waals surface area contributed by atoms with Crippen LogP contribution in [0.15, 0.2) is 0 Å². The molecule has 0 aromatic rings. The minimum Gasteiger partial charge on any atom is -0.394 e. The highest BCUT2D eigenvalue weighted by molar-refractivity contribution is 5.80. The van der Waals surface area contributed by atoms with Crippen LogP contribution in [-0.2, 0) is 4.79 Å². The molecule has 0 saturated carbocycles. The first-order chi connectivity index (χ1) is 33.5. The lowest BCUT2D eigenvalue weighted by molar-refractivity contribution is -0.132. The Kier molecular flexibility index (Phi) is 56.6. The van der Waals surface area contributed by atoms with Gasteiger partial charge in [-0.3, -0.25) is 4.79 Å². The lowest BCUT2D eigenvalue weighted by Crippen LogP contribution is -2.53. The van der Waals surface area contributed by atoms with E-state index >= 15 is 0 Å². The van der Waals surface area contributed by atoms with Crippen molar-refractivity contribution < 1.29 is 25.2 Å². The van der Waals surface area contributed by atoms with Gasteiger partial charge in [0.25, 0.3) is 0 Å². The van der Waals surface area contributed by atoms with Crippen LogP contribution in [0.1, 0.15) is 361 Å². The molecule has 5 N–H and O–H groups in total. The molecule has 408 valence electrons. The third-order valence-electron chi connectivity index (χ3n) is 15.3. The summed E-state index contributed by atoms with van der Waals surface area (Å²) in [5.41, 5.74) is 0. The lowest BCUT2D eigenvalue weighted by atomic mass is 9.99. The number of aliphatic hydroxyl groups is 4. The first-order valence-corrected chi connectivity index (χ1v) is 31.4. The normalized spacial score (nSPS) is 13.6. The minimum absolute atomic E-state index is 0.377. The smallest absolute Gasteiger partial charge is 0.249 e. The monoisotopic (exact) mass is 964 g/mol. The summed E-state index contributed by atoms with van der Waals surface area (Å²) in [6.07, 6.45) is 67.8. The van der Waals surface area contributed by atoms with E-state index < -0.39 is 36.9 Å². The van der Waals surface area contributed by atoms with Crippen molar-refractivity contribution in [2.45, 2.75) is 385 Å². The maximum absolute atomic E-state index is 12.6. The Morgan fingerprint density at radius 2 is 0.500 bits per heavy atom. The molecular formula is C62H125NO5. The van der Waals surface area contributed by atoms with E-state index in [9.17, 15) is 25.2 Å². The molecule has 0 heterocycles. The predicted octanol–water partition coefficient (Wildman–Crippen LogP) is 18.7. The van der Waals surface area contributed by atoms with E-state index in [1.54, 1.807) is 0 Å². The van der Waals surface area contributed by atoms with Gasteiger partial charge in [0.1, 0.15) is 12.2 Å². The Morgan fingerprint density at radius 3 is 0.706 bits per heavy atom. The zero-order chi connectivity index (χ0) is 49.5. The molecule has 68 heavy (non-hydrogen) atoms. The quantitative estimate of drug-likeness (QED) is 0.0390. The molecule has 6 heteroatoms. The van der Waals surface area contributed by atoms with Crippen LogP contribution in [0, 0.1) is 0 Å². The minimum atomic E-state index is -1.25. The lowest BCUT2D eigenvalue weighted by Gasteiger charge is -2.27. The van der Waals surface area contributed by atoms with Crippen molar-refractivity contribution in [1.29, 1.82) is 0 Å². The second-order valence-corrected chi connectivity index (χ2v) is 22.1. The summed E-state index contributed by atoms with van der Waals surface area (Å²) >= 11 is 0. The molecule has 0 aliphatic heterocycles. The number of hydrogen-bond acceptors (Lipinski definition) is 5. The number of nitrogens with one attached hydrogen (secondary N) is 1. The number of amides is 1. The summed E-state index contributed by atoms with van der Waals surface area (Å²) in [7, 11) is 0. The van der Waals surface area contributed by atoms with Crippen LogP contribution in [0.25, 0.3) is 0 Å². The Hall–Kier alpha value is -0.690. The molecule has 1 amide bonds. The van der Waals surface area contributed by atoms with E-state index in [0.29, 0.717) is 12.8 Å². The summed E-state index contributed by atoms with van der Waals surface area (Å²) in [6, 6.07) is -0.981. The first kappa shape index (κ1) is 67.3. The Morgan fingerprint density at radius 1 is 0.309 bits per heavy atom. The van der Waals surface area contributed by atoms with Crippen molar-refractivity contribution in [3.8, 4) is 0 Å². The van der Waals surface area contributed by atoms with Crippen molar-refractivity contribution >= 4 is 5.91 Å². The van der Waals surface area contributed by atoms with Gasteiger partial charge in [-0.05, 0) is 12.8 Å². The summed E-state index contributed by atoms with van der Waals surface area (Å²) in [5.74, 6) is -0.575. The van der Waals surface area contributed by atoms with E-state index in [1.807, 2.05) is 0 Å². The fraction of sp³-hybridized carbons (Fsp3) is 0.984. The van der Waals surface area contributed by atoms with E-state index in [1.165, 1.54) is 295 Å². The van der Waals surface area contributed by atoms with Crippen molar-refractivity contribution in [2.24, 2.45) is 0 Å². The second kappa shape index (κ2) is 57.2. The van der Waals surface area contributed by atoms with Gasteiger partial charge in [0, 0.05) is 0 Å². The van der Waals surface area contributed by atoms with Gasteiger partial charge < -0.3 is 25.7 Å². The van der Waals surface area contributed by atoms with Crippen molar-refractivity contribution in [3.05, 3.63) is 0 Å². The molecule has 4 unspecified atom stereocenters. The summed E-state index contributed by atoms with van der Waals surface area (Å²) in [4.78, 5) is 12.6. The fourth-order valence-corrected chi connectivity index (χ4v) is 10.4. The number of carbonyl (C=O) groups excluding carboxylic acids is 1.